The fourth-order valence-corrected chi connectivity index (χ4v) is 1.76. The Morgan fingerprint density at radius 1 is 1.53 bits per heavy atom. The van der Waals surface area contributed by atoms with Crippen LogP contribution in [0.1, 0.15) is 12.6 Å². The molecular formula is C12H15N3O2. The molecule has 0 unspecified atom stereocenters. The minimum absolute atomic E-state index is 0.0460. The van der Waals surface area contributed by atoms with Crippen molar-refractivity contribution in [2.45, 2.75) is 13.5 Å². The third-order valence-corrected chi connectivity index (χ3v) is 2.61. The molecule has 2 rings (SSSR count). The molecule has 2 aromatic heterocycles. The van der Waals surface area contributed by atoms with Gasteiger partial charge in [-0.3, -0.25) is 9.69 Å². The van der Waals surface area contributed by atoms with Gasteiger partial charge in [-0.05, 0) is 18.7 Å². The van der Waals surface area contributed by atoms with Crippen molar-refractivity contribution in [1.82, 2.24) is 14.3 Å². The van der Waals surface area contributed by atoms with Crippen LogP contribution in [0.3, 0.4) is 0 Å². The van der Waals surface area contributed by atoms with Crippen LogP contribution < -0.4 is 0 Å². The van der Waals surface area contributed by atoms with Gasteiger partial charge in [-0.2, -0.15) is 0 Å². The van der Waals surface area contributed by atoms with Crippen LogP contribution >= 0.6 is 0 Å². The first kappa shape index (κ1) is 11.6. The van der Waals surface area contributed by atoms with Gasteiger partial charge in [-0.1, -0.05) is 13.0 Å². The Kier molecular flexibility index (Phi) is 3.39. The van der Waals surface area contributed by atoms with Crippen LogP contribution in [0.5, 0.6) is 0 Å². The highest BCUT2D eigenvalue weighted by atomic mass is 16.4. The summed E-state index contributed by atoms with van der Waals surface area (Å²) in [6.07, 6.45) is 3.86. The average Bonchev–Trinajstić information content (AvgIpc) is 2.69. The smallest absolute Gasteiger partial charge is 0.317 e. The molecule has 0 saturated heterocycles. The van der Waals surface area contributed by atoms with Crippen molar-refractivity contribution in [3.63, 3.8) is 0 Å². The van der Waals surface area contributed by atoms with Crippen molar-refractivity contribution in [2.24, 2.45) is 0 Å². The number of hydrogen-bond donors (Lipinski definition) is 1. The number of carboxylic acids is 1. The van der Waals surface area contributed by atoms with Crippen LogP contribution in [-0.4, -0.2) is 38.4 Å². The van der Waals surface area contributed by atoms with E-state index in [0.29, 0.717) is 13.1 Å². The summed E-state index contributed by atoms with van der Waals surface area (Å²) < 4.78 is 1.93. The Morgan fingerprint density at radius 3 is 3.00 bits per heavy atom. The molecule has 0 bridgehead atoms. The molecule has 0 aliphatic carbocycles. The fourth-order valence-electron chi connectivity index (χ4n) is 1.76. The number of carboxylic acid groups (broad SMARTS) is 1. The van der Waals surface area contributed by atoms with Crippen LogP contribution in [-0.2, 0) is 11.3 Å². The average molecular weight is 233 g/mol. The van der Waals surface area contributed by atoms with Crippen LogP contribution in [0, 0.1) is 0 Å². The lowest BCUT2D eigenvalue weighted by Gasteiger charge is -2.15. The molecule has 5 nitrogen and oxygen atoms in total. The van der Waals surface area contributed by atoms with E-state index in [-0.39, 0.29) is 6.54 Å². The summed E-state index contributed by atoms with van der Waals surface area (Å²) in [5.41, 5.74) is 1.77. The second-order valence-corrected chi connectivity index (χ2v) is 3.90. The highest BCUT2D eigenvalue weighted by Crippen LogP contribution is 2.07. The molecule has 0 radical (unpaired) electrons. The van der Waals surface area contributed by atoms with E-state index in [1.54, 1.807) is 0 Å². The lowest BCUT2D eigenvalue weighted by Crippen LogP contribution is -2.29. The normalized spacial score (nSPS) is 11.2. The molecule has 5 heteroatoms. The number of imidazole rings is 1. The first-order chi connectivity index (χ1) is 8.19. The molecule has 0 amide bonds. The van der Waals surface area contributed by atoms with E-state index in [1.807, 2.05) is 46.8 Å². The van der Waals surface area contributed by atoms with Gasteiger partial charge in [0.15, 0.2) is 0 Å². The third-order valence-electron chi connectivity index (χ3n) is 2.61. The Labute approximate surface area is 99.3 Å². The zero-order chi connectivity index (χ0) is 12.3. The predicted molar refractivity (Wildman–Crippen MR) is 63.8 cm³/mol. The summed E-state index contributed by atoms with van der Waals surface area (Å²) in [4.78, 5) is 16.9. The summed E-state index contributed by atoms with van der Waals surface area (Å²) in [6.45, 7) is 3.24. The molecule has 0 aromatic carbocycles. The topological polar surface area (TPSA) is 57.8 Å². The summed E-state index contributed by atoms with van der Waals surface area (Å²) in [6, 6.07) is 5.80. The van der Waals surface area contributed by atoms with Crippen molar-refractivity contribution in [1.29, 1.82) is 0 Å². The van der Waals surface area contributed by atoms with E-state index in [2.05, 4.69) is 4.98 Å². The SMILES string of the molecule is CCN(CC(=O)O)Cc1cn2ccccc2n1. The number of likely N-dealkylation sites (N-methyl/N-ethyl adjacent to an activating group) is 1. The monoisotopic (exact) mass is 233 g/mol. The van der Waals surface area contributed by atoms with E-state index in [0.717, 1.165) is 11.3 Å². The molecule has 0 spiro atoms. The van der Waals surface area contributed by atoms with Crippen molar-refractivity contribution >= 4 is 11.6 Å². The van der Waals surface area contributed by atoms with Gasteiger partial charge in [0, 0.05) is 18.9 Å². The Bertz CT molecular complexity index is 488. The number of hydrogen-bond acceptors (Lipinski definition) is 3. The largest absolute Gasteiger partial charge is 0.480 e. The lowest BCUT2D eigenvalue weighted by atomic mass is 10.4. The van der Waals surface area contributed by atoms with Gasteiger partial charge in [0.25, 0.3) is 0 Å². The highest BCUT2D eigenvalue weighted by molar-refractivity contribution is 5.69. The van der Waals surface area contributed by atoms with Gasteiger partial charge in [-0.25, -0.2) is 4.98 Å². The Hall–Kier alpha value is -1.88. The maximum atomic E-state index is 10.7. The minimum Gasteiger partial charge on any atom is -0.480 e. The Balaban J connectivity index is 2.14. The maximum Gasteiger partial charge on any atom is 0.317 e. The van der Waals surface area contributed by atoms with Gasteiger partial charge in [0.1, 0.15) is 5.65 Å². The zero-order valence-electron chi connectivity index (χ0n) is 9.71. The first-order valence-corrected chi connectivity index (χ1v) is 5.56. The van der Waals surface area contributed by atoms with Gasteiger partial charge in [0.05, 0.1) is 12.2 Å². The van der Waals surface area contributed by atoms with Crippen molar-refractivity contribution < 1.29 is 9.90 Å². The third kappa shape index (κ3) is 2.82. The number of carbonyl (C=O) groups is 1. The number of aliphatic carboxylic acids is 1. The summed E-state index contributed by atoms with van der Waals surface area (Å²) >= 11 is 0. The molecule has 2 heterocycles. The first-order valence-electron chi connectivity index (χ1n) is 5.56. The quantitative estimate of drug-likeness (QED) is 0.844. The fraction of sp³-hybridized carbons (Fsp3) is 0.333. The Morgan fingerprint density at radius 2 is 2.35 bits per heavy atom. The lowest BCUT2D eigenvalue weighted by molar-refractivity contribution is -0.138. The standard InChI is InChI=1S/C12H15N3O2/c1-2-14(9-12(16)17)7-10-8-15-6-4-3-5-11(15)13-10/h3-6,8H,2,7,9H2,1H3,(H,16,17). The van der Waals surface area contributed by atoms with Gasteiger partial charge < -0.3 is 9.51 Å². The van der Waals surface area contributed by atoms with E-state index < -0.39 is 5.97 Å². The van der Waals surface area contributed by atoms with E-state index in [4.69, 9.17) is 5.11 Å². The molecule has 1 N–H and O–H groups in total. The number of aromatic nitrogens is 2. The maximum absolute atomic E-state index is 10.7. The van der Waals surface area contributed by atoms with E-state index >= 15 is 0 Å². The van der Waals surface area contributed by atoms with Crippen LogP contribution in [0.2, 0.25) is 0 Å². The van der Waals surface area contributed by atoms with Gasteiger partial charge >= 0.3 is 5.97 Å². The van der Waals surface area contributed by atoms with E-state index in [1.165, 1.54) is 0 Å². The molecule has 0 aliphatic rings. The number of pyridine rings is 1. The van der Waals surface area contributed by atoms with Crippen LogP contribution in [0.15, 0.2) is 30.6 Å². The molecule has 17 heavy (non-hydrogen) atoms. The van der Waals surface area contributed by atoms with Crippen LogP contribution in [0.25, 0.3) is 5.65 Å². The summed E-state index contributed by atoms with van der Waals surface area (Å²) in [7, 11) is 0. The molecule has 0 saturated carbocycles. The molecule has 0 fully saturated rings. The second-order valence-electron chi connectivity index (χ2n) is 3.90. The number of nitrogens with zero attached hydrogens (tertiary/aromatic N) is 3. The van der Waals surface area contributed by atoms with Crippen molar-refractivity contribution in [3.8, 4) is 0 Å². The summed E-state index contributed by atoms with van der Waals surface area (Å²) in [5, 5.41) is 8.77. The predicted octanol–water partition coefficient (Wildman–Crippen LogP) is 1.24. The molecule has 2 aromatic rings. The van der Waals surface area contributed by atoms with Crippen molar-refractivity contribution in [3.05, 3.63) is 36.3 Å². The second kappa shape index (κ2) is 4.97. The zero-order valence-corrected chi connectivity index (χ0v) is 9.71. The summed E-state index contributed by atoms with van der Waals surface area (Å²) in [5.74, 6) is -0.810. The van der Waals surface area contributed by atoms with Gasteiger partial charge in [0.2, 0.25) is 0 Å². The van der Waals surface area contributed by atoms with E-state index in [9.17, 15) is 4.79 Å². The molecule has 90 valence electrons. The molecular weight excluding hydrogens is 218 g/mol. The van der Waals surface area contributed by atoms with Crippen LogP contribution in [0.4, 0.5) is 0 Å². The van der Waals surface area contributed by atoms with Crippen molar-refractivity contribution in [2.75, 3.05) is 13.1 Å². The number of fused-ring (bicyclic) bond motifs is 1. The van der Waals surface area contributed by atoms with Gasteiger partial charge in [-0.15, -0.1) is 0 Å². The number of rotatable bonds is 5. The molecule has 0 aliphatic heterocycles. The minimum atomic E-state index is -0.810. The molecule has 0 atom stereocenters. The highest BCUT2D eigenvalue weighted by Gasteiger charge is 2.10.